The summed E-state index contributed by atoms with van der Waals surface area (Å²) in [6.45, 7) is 1.46. The van der Waals surface area contributed by atoms with Crippen molar-refractivity contribution in [2.75, 3.05) is 0 Å². The van der Waals surface area contributed by atoms with Gasteiger partial charge in [-0.15, -0.1) is 5.11 Å². The predicted octanol–water partition coefficient (Wildman–Crippen LogP) is 5.16. The fourth-order valence-corrected chi connectivity index (χ4v) is 2.61. The van der Waals surface area contributed by atoms with Crippen LogP contribution in [0.3, 0.4) is 0 Å². The van der Waals surface area contributed by atoms with E-state index in [-0.39, 0.29) is 32.8 Å². The van der Waals surface area contributed by atoms with E-state index in [9.17, 15) is 14.7 Å². The van der Waals surface area contributed by atoms with Gasteiger partial charge in [0.15, 0.2) is 17.2 Å². The number of hydrogen-bond acceptors (Lipinski definition) is 5. The summed E-state index contributed by atoms with van der Waals surface area (Å²) in [6, 6.07) is 9.40. The summed E-state index contributed by atoms with van der Waals surface area (Å²) in [5, 5.41) is 18.8. The van der Waals surface area contributed by atoms with Gasteiger partial charge >= 0.3 is 0 Å². The van der Waals surface area contributed by atoms with E-state index in [0.717, 1.165) is 0 Å². The lowest BCUT2D eigenvalue weighted by molar-refractivity contribution is 0.101. The SMILES string of the molecule is CC(=O)c1ccc(N=Nc2c(O)c3ccc(Cl)c(Cl)c3[nH]c2=O)cc1. The molecule has 0 aliphatic carbocycles. The fraction of sp³-hybridized carbons (Fsp3) is 0.0588. The Labute approximate surface area is 151 Å². The summed E-state index contributed by atoms with van der Waals surface area (Å²) in [7, 11) is 0. The van der Waals surface area contributed by atoms with Gasteiger partial charge in [0.2, 0.25) is 0 Å². The van der Waals surface area contributed by atoms with Crippen molar-refractivity contribution in [3.63, 3.8) is 0 Å². The number of ketones is 1. The zero-order valence-corrected chi connectivity index (χ0v) is 14.4. The van der Waals surface area contributed by atoms with Crippen LogP contribution in [0.4, 0.5) is 11.4 Å². The van der Waals surface area contributed by atoms with Crippen molar-refractivity contribution in [2.24, 2.45) is 10.2 Å². The molecule has 0 unspecified atom stereocenters. The number of nitrogens with zero attached hydrogens (tertiary/aromatic N) is 2. The zero-order valence-electron chi connectivity index (χ0n) is 12.9. The lowest BCUT2D eigenvalue weighted by Gasteiger charge is -2.06. The van der Waals surface area contributed by atoms with Gasteiger partial charge in [-0.05, 0) is 43.3 Å². The van der Waals surface area contributed by atoms with Gasteiger partial charge in [-0.1, -0.05) is 23.2 Å². The molecule has 1 heterocycles. The molecule has 0 saturated heterocycles. The Kier molecular flexibility index (Phi) is 4.57. The van der Waals surface area contributed by atoms with E-state index in [1.807, 2.05) is 0 Å². The molecule has 126 valence electrons. The van der Waals surface area contributed by atoms with Gasteiger partial charge in [0.05, 0.1) is 21.2 Å². The summed E-state index contributed by atoms with van der Waals surface area (Å²) in [5.41, 5.74) is 0.288. The molecule has 0 radical (unpaired) electrons. The van der Waals surface area contributed by atoms with Crippen LogP contribution in [0.25, 0.3) is 10.9 Å². The van der Waals surface area contributed by atoms with Crippen LogP contribution >= 0.6 is 23.2 Å². The molecule has 25 heavy (non-hydrogen) atoms. The van der Waals surface area contributed by atoms with E-state index >= 15 is 0 Å². The minimum atomic E-state index is -0.654. The third-order valence-electron chi connectivity index (χ3n) is 3.57. The van der Waals surface area contributed by atoms with Gasteiger partial charge in [0.25, 0.3) is 5.56 Å². The van der Waals surface area contributed by atoms with E-state index < -0.39 is 5.56 Å². The molecule has 6 nitrogen and oxygen atoms in total. The first-order chi connectivity index (χ1) is 11.9. The molecule has 0 amide bonds. The topological polar surface area (TPSA) is 94.9 Å². The molecule has 0 aliphatic heterocycles. The molecular formula is C17H11Cl2N3O3. The molecule has 0 atom stereocenters. The van der Waals surface area contributed by atoms with E-state index in [4.69, 9.17) is 23.2 Å². The third kappa shape index (κ3) is 3.26. The summed E-state index contributed by atoms with van der Waals surface area (Å²) < 4.78 is 0. The number of Topliss-reactive ketones (excluding diaryl/α,β-unsaturated/α-hetero) is 1. The van der Waals surface area contributed by atoms with Crippen LogP contribution in [-0.4, -0.2) is 15.9 Å². The van der Waals surface area contributed by atoms with Crippen LogP contribution < -0.4 is 5.56 Å². The molecule has 3 aromatic rings. The zero-order chi connectivity index (χ0) is 18.1. The molecule has 0 saturated carbocycles. The number of nitrogens with one attached hydrogen (secondary N) is 1. The van der Waals surface area contributed by atoms with Crippen LogP contribution in [0.5, 0.6) is 5.75 Å². The maximum atomic E-state index is 12.2. The van der Waals surface area contributed by atoms with Gasteiger partial charge in [-0.3, -0.25) is 9.59 Å². The Morgan fingerprint density at radius 1 is 1.08 bits per heavy atom. The highest BCUT2D eigenvalue weighted by Crippen LogP contribution is 2.37. The molecule has 0 spiro atoms. The molecule has 2 N–H and O–H groups in total. The van der Waals surface area contributed by atoms with Crippen LogP contribution in [0.15, 0.2) is 51.4 Å². The number of carbonyl (C=O) groups excluding carboxylic acids is 1. The maximum Gasteiger partial charge on any atom is 0.280 e. The van der Waals surface area contributed by atoms with Gasteiger partial charge in [-0.2, -0.15) is 5.11 Å². The number of H-pyrrole nitrogens is 1. The van der Waals surface area contributed by atoms with Crippen LogP contribution in [0.1, 0.15) is 17.3 Å². The largest absolute Gasteiger partial charge is 0.505 e. The Hall–Kier alpha value is -2.70. The monoisotopic (exact) mass is 375 g/mol. The molecule has 0 aliphatic rings. The number of halogens is 2. The molecule has 0 bridgehead atoms. The van der Waals surface area contributed by atoms with Crippen LogP contribution in [0, 0.1) is 0 Å². The van der Waals surface area contributed by atoms with Gasteiger partial charge in [-0.25, -0.2) is 0 Å². The Morgan fingerprint density at radius 3 is 2.40 bits per heavy atom. The Balaban J connectivity index is 2.05. The fourth-order valence-electron chi connectivity index (χ4n) is 2.24. The van der Waals surface area contributed by atoms with Gasteiger partial charge < -0.3 is 10.1 Å². The average molecular weight is 376 g/mol. The predicted molar refractivity (Wildman–Crippen MR) is 96.9 cm³/mol. The van der Waals surface area contributed by atoms with Crippen molar-refractivity contribution in [1.29, 1.82) is 0 Å². The lowest BCUT2D eigenvalue weighted by atomic mass is 10.1. The molecule has 1 aromatic heterocycles. The van der Waals surface area contributed by atoms with Crippen LogP contribution in [-0.2, 0) is 0 Å². The normalized spacial score (nSPS) is 11.3. The Bertz CT molecular complexity index is 1070. The van der Waals surface area contributed by atoms with E-state index in [0.29, 0.717) is 16.6 Å². The second kappa shape index (κ2) is 6.66. The Morgan fingerprint density at radius 2 is 1.76 bits per heavy atom. The van der Waals surface area contributed by atoms with Gasteiger partial charge in [0.1, 0.15) is 0 Å². The summed E-state index contributed by atoms with van der Waals surface area (Å²) in [4.78, 5) is 26.0. The number of benzene rings is 2. The van der Waals surface area contributed by atoms with Gasteiger partial charge in [0, 0.05) is 10.9 Å². The van der Waals surface area contributed by atoms with Crippen molar-refractivity contribution >= 4 is 51.3 Å². The lowest BCUT2D eigenvalue weighted by Crippen LogP contribution is -2.05. The first-order valence-electron chi connectivity index (χ1n) is 7.14. The highest BCUT2D eigenvalue weighted by atomic mass is 35.5. The molecule has 8 heteroatoms. The molecule has 2 aromatic carbocycles. The highest BCUT2D eigenvalue weighted by Gasteiger charge is 2.15. The first-order valence-corrected chi connectivity index (χ1v) is 7.90. The van der Waals surface area contributed by atoms with E-state index in [2.05, 4.69) is 15.2 Å². The number of azo groups is 1. The first kappa shape index (κ1) is 17.1. The molecular weight excluding hydrogens is 365 g/mol. The second-order valence-corrected chi connectivity index (χ2v) is 6.02. The number of pyridine rings is 1. The number of carbonyl (C=O) groups is 1. The van der Waals surface area contributed by atoms with Crippen LogP contribution in [0.2, 0.25) is 10.0 Å². The molecule has 3 rings (SSSR count). The number of fused-ring (bicyclic) bond motifs is 1. The minimum Gasteiger partial charge on any atom is -0.505 e. The smallest absolute Gasteiger partial charge is 0.280 e. The van der Waals surface area contributed by atoms with Crippen molar-refractivity contribution < 1.29 is 9.90 Å². The molecule has 0 fully saturated rings. The van der Waals surface area contributed by atoms with Crippen molar-refractivity contribution in [2.45, 2.75) is 6.92 Å². The average Bonchev–Trinajstić information content (AvgIpc) is 2.59. The number of aromatic amines is 1. The van der Waals surface area contributed by atoms with E-state index in [1.165, 1.54) is 19.1 Å². The summed E-state index contributed by atoms with van der Waals surface area (Å²) >= 11 is 11.9. The second-order valence-electron chi connectivity index (χ2n) is 5.24. The highest BCUT2D eigenvalue weighted by molar-refractivity contribution is 6.45. The number of aromatic hydroxyl groups is 1. The van der Waals surface area contributed by atoms with Crippen molar-refractivity contribution in [3.8, 4) is 5.75 Å². The maximum absolute atomic E-state index is 12.2. The summed E-state index contributed by atoms with van der Waals surface area (Å²) in [6.07, 6.45) is 0. The standard InChI is InChI=1S/C17H11Cl2N3O3/c1-8(23)9-2-4-10(5-3-9)21-22-15-16(24)11-6-7-12(18)13(19)14(11)20-17(15)25/h2-7H,1H3,(H2,20,24,25). The van der Waals surface area contributed by atoms with Crippen molar-refractivity contribution in [3.05, 3.63) is 62.4 Å². The number of hydrogen-bond donors (Lipinski definition) is 2. The number of aromatic nitrogens is 1. The van der Waals surface area contributed by atoms with Crippen molar-refractivity contribution in [1.82, 2.24) is 4.98 Å². The summed E-state index contributed by atoms with van der Waals surface area (Å²) in [5.74, 6) is -0.413. The van der Waals surface area contributed by atoms with E-state index in [1.54, 1.807) is 24.3 Å². The quantitative estimate of drug-likeness (QED) is 0.488. The third-order valence-corrected chi connectivity index (χ3v) is 4.37. The minimum absolute atomic E-state index is 0.0670. The number of rotatable bonds is 3.